The number of hydrogen-bond acceptors (Lipinski definition) is 7. The molecule has 0 atom stereocenters. The minimum absolute atomic E-state index is 0.0444. The largest absolute Gasteiger partial charge is 0.465 e. The summed E-state index contributed by atoms with van der Waals surface area (Å²) in [7, 11) is 2.46. The van der Waals surface area contributed by atoms with E-state index in [1.807, 2.05) is 0 Å². The third kappa shape index (κ3) is 5.62. The lowest BCUT2D eigenvalue weighted by Crippen LogP contribution is -2.16. The number of carbonyl (C=O) groups is 4. The first-order chi connectivity index (χ1) is 16.2. The molecule has 34 heavy (non-hydrogen) atoms. The van der Waals surface area contributed by atoms with Crippen molar-refractivity contribution in [1.82, 2.24) is 0 Å². The van der Waals surface area contributed by atoms with Gasteiger partial charge >= 0.3 is 11.9 Å². The molecule has 0 spiro atoms. The van der Waals surface area contributed by atoms with Gasteiger partial charge in [-0.05, 0) is 42.3 Å². The molecule has 0 aliphatic carbocycles. The van der Waals surface area contributed by atoms with E-state index in [1.165, 1.54) is 20.3 Å². The molecular formula is C24H21ClN2O6S. The van der Waals surface area contributed by atoms with E-state index in [0.717, 1.165) is 16.9 Å². The van der Waals surface area contributed by atoms with Crippen molar-refractivity contribution in [2.24, 2.45) is 0 Å². The zero-order valence-corrected chi connectivity index (χ0v) is 20.1. The Labute approximate surface area is 204 Å². The summed E-state index contributed by atoms with van der Waals surface area (Å²) in [5.74, 6) is -2.23. The molecular weight excluding hydrogens is 480 g/mol. The maximum absolute atomic E-state index is 13.1. The Morgan fingerprint density at radius 3 is 2.21 bits per heavy atom. The molecule has 0 aliphatic rings. The molecule has 10 heteroatoms. The number of esters is 2. The lowest BCUT2D eigenvalue weighted by molar-refractivity contribution is -0.115. The number of halogens is 1. The summed E-state index contributed by atoms with van der Waals surface area (Å²) >= 11 is 6.82. The van der Waals surface area contributed by atoms with E-state index in [1.54, 1.807) is 49.4 Å². The maximum atomic E-state index is 13.1. The number of ether oxygens (including phenoxy) is 2. The second-order valence-electron chi connectivity index (χ2n) is 7.09. The van der Waals surface area contributed by atoms with Gasteiger partial charge in [0.05, 0.1) is 42.3 Å². The highest BCUT2D eigenvalue weighted by Gasteiger charge is 2.27. The Morgan fingerprint density at radius 1 is 0.912 bits per heavy atom. The van der Waals surface area contributed by atoms with E-state index in [4.69, 9.17) is 21.1 Å². The zero-order chi connectivity index (χ0) is 24.8. The van der Waals surface area contributed by atoms with Gasteiger partial charge in [0.25, 0.3) is 5.91 Å². The smallest absolute Gasteiger partial charge is 0.341 e. The van der Waals surface area contributed by atoms with Crippen molar-refractivity contribution < 1.29 is 28.7 Å². The average molecular weight is 501 g/mol. The van der Waals surface area contributed by atoms with Gasteiger partial charge in [-0.3, -0.25) is 9.59 Å². The molecule has 2 amide bonds. The molecule has 3 aromatic rings. The van der Waals surface area contributed by atoms with Gasteiger partial charge in [0.1, 0.15) is 5.00 Å². The minimum atomic E-state index is -0.690. The van der Waals surface area contributed by atoms with Gasteiger partial charge in [-0.25, -0.2) is 9.59 Å². The third-order valence-electron chi connectivity index (χ3n) is 4.85. The van der Waals surface area contributed by atoms with Gasteiger partial charge in [-0.15, -0.1) is 11.3 Å². The summed E-state index contributed by atoms with van der Waals surface area (Å²) < 4.78 is 9.61. The number of benzene rings is 2. The SMILES string of the molecule is COC(=O)c1ccccc1NC(=O)c1sc(NC(=O)Cc2ccc(Cl)cc2)c(C(=O)OC)c1C. The van der Waals surface area contributed by atoms with Crippen LogP contribution < -0.4 is 10.6 Å². The van der Waals surface area contributed by atoms with Crippen LogP contribution in [0.1, 0.15) is 41.5 Å². The predicted molar refractivity (Wildman–Crippen MR) is 130 cm³/mol. The van der Waals surface area contributed by atoms with Gasteiger partial charge in [0.15, 0.2) is 0 Å². The van der Waals surface area contributed by atoms with Gasteiger partial charge in [0.2, 0.25) is 5.91 Å². The minimum Gasteiger partial charge on any atom is -0.465 e. The number of nitrogens with one attached hydrogen (secondary N) is 2. The first kappa shape index (κ1) is 24.9. The molecule has 0 bridgehead atoms. The van der Waals surface area contributed by atoms with Crippen molar-refractivity contribution in [1.29, 1.82) is 0 Å². The first-order valence-corrected chi connectivity index (χ1v) is 11.2. The van der Waals surface area contributed by atoms with E-state index in [-0.39, 0.29) is 39.0 Å². The van der Waals surface area contributed by atoms with Crippen molar-refractivity contribution in [3.05, 3.63) is 80.7 Å². The van der Waals surface area contributed by atoms with Crippen molar-refractivity contribution in [2.75, 3.05) is 24.9 Å². The molecule has 0 radical (unpaired) electrons. The van der Waals surface area contributed by atoms with Gasteiger partial charge in [0, 0.05) is 5.02 Å². The number of methoxy groups -OCH3 is 2. The van der Waals surface area contributed by atoms with Crippen molar-refractivity contribution in [2.45, 2.75) is 13.3 Å². The zero-order valence-electron chi connectivity index (χ0n) is 18.6. The number of rotatable bonds is 7. The van der Waals surface area contributed by atoms with Crippen LogP contribution in [0.25, 0.3) is 0 Å². The van der Waals surface area contributed by atoms with Crippen LogP contribution in [-0.4, -0.2) is 38.0 Å². The van der Waals surface area contributed by atoms with E-state index in [0.29, 0.717) is 10.6 Å². The normalized spacial score (nSPS) is 10.4. The maximum Gasteiger partial charge on any atom is 0.341 e. The lowest BCUT2D eigenvalue weighted by Gasteiger charge is -2.09. The fraction of sp³-hybridized carbons (Fsp3) is 0.167. The third-order valence-corrected chi connectivity index (χ3v) is 6.31. The Morgan fingerprint density at radius 2 is 1.56 bits per heavy atom. The molecule has 0 saturated carbocycles. The molecule has 0 saturated heterocycles. The van der Waals surface area contributed by atoms with Gasteiger partial charge in [-0.2, -0.15) is 0 Å². The Hall–Kier alpha value is -3.69. The highest BCUT2D eigenvalue weighted by Crippen LogP contribution is 2.34. The van der Waals surface area contributed by atoms with E-state index in [9.17, 15) is 19.2 Å². The number of anilines is 2. The van der Waals surface area contributed by atoms with Crippen LogP contribution in [0.4, 0.5) is 10.7 Å². The lowest BCUT2D eigenvalue weighted by atomic mass is 10.1. The van der Waals surface area contributed by atoms with Crippen LogP contribution in [0.5, 0.6) is 0 Å². The summed E-state index contributed by atoms with van der Waals surface area (Å²) in [6.07, 6.45) is 0.0444. The number of thiophene rings is 1. The Kier molecular flexibility index (Phi) is 8.04. The number of para-hydroxylation sites is 1. The van der Waals surface area contributed by atoms with E-state index in [2.05, 4.69) is 10.6 Å². The van der Waals surface area contributed by atoms with E-state index < -0.39 is 17.8 Å². The van der Waals surface area contributed by atoms with E-state index >= 15 is 0 Å². The predicted octanol–water partition coefficient (Wildman–Crippen LogP) is 4.72. The van der Waals surface area contributed by atoms with Crippen LogP contribution in [-0.2, 0) is 20.7 Å². The molecule has 2 N–H and O–H groups in total. The van der Waals surface area contributed by atoms with Crippen LogP contribution in [0.15, 0.2) is 48.5 Å². The second kappa shape index (κ2) is 11.0. The molecule has 2 aromatic carbocycles. The summed E-state index contributed by atoms with van der Waals surface area (Å²) in [6.45, 7) is 1.58. The molecule has 1 aromatic heterocycles. The Bertz CT molecular complexity index is 1250. The topological polar surface area (TPSA) is 111 Å². The van der Waals surface area contributed by atoms with Crippen LogP contribution >= 0.6 is 22.9 Å². The van der Waals surface area contributed by atoms with Crippen molar-refractivity contribution in [3.63, 3.8) is 0 Å². The van der Waals surface area contributed by atoms with Crippen molar-refractivity contribution in [3.8, 4) is 0 Å². The molecule has 3 rings (SSSR count). The van der Waals surface area contributed by atoms with Crippen LogP contribution in [0.2, 0.25) is 5.02 Å². The highest BCUT2D eigenvalue weighted by atomic mass is 35.5. The highest BCUT2D eigenvalue weighted by molar-refractivity contribution is 7.19. The number of carbonyl (C=O) groups excluding carboxylic acids is 4. The second-order valence-corrected chi connectivity index (χ2v) is 8.55. The molecule has 0 fully saturated rings. The summed E-state index contributed by atoms with van der Waals surface area (Å²) in [6, 6.07) is 13.2. The summed E-state index contributed by atoms with van der Waals surface area (Å²) in [5, 5.41) is 6.11. The monoisotopic (exact) mass is 500 g/mol. The molecule has 1 heterocycles. The van der Waals surface area contributed by atoms with Gasteiger partial charge < -0.3 is 20.1 Å². The number of hydrogen-bond donors (Lipinski definition) is 2. The first-order valence-electron chi connectivity index (χ1n) is 9.99. The van der Waals surface area contributed by atoms with Crippen LogP contribution in [0.3, 0.4) is 0 Å². The van der Waals surface area contributed by atoms with Crippen molar-refractivity contribution >= 4 is 57.4 Å². The van der Waals surface area contributed by atoms with Gasteiger partial charge in [-0.1, -0.05) is 35.9 Å². The molecule has 0 aliphatic heterocycles. The van der Waals surface area contributed by atoms with Crippen LogP contribution in [0, 0.1) is 6.92 Å². The quantitative estimate of drug-likeness (QED) is 0.454. The Balaban J connectivity index is 1.88. The summed E-state index contributed by atoms with van der Waals surface area (Å²) in [4.78, 5) is 50.3. The summed E-state index contributed by atoms with van der Waals surface area (Å²) in [5.41, 5.74) is 1.58. The average Bonchev–Trinajstić information content (AvgIpc) is 3.15. The molecule has 0 unspecified atom stereocenters. The molecule has 176 valence electrons. The molecule has 8 nitrogen and oxygen atoms in total. The standard InChI is InChI=1S/C24H21ClN2O6S/c1-13-19(24(31)33-3)22(27-18(28)12-14-8-10-15(25)11-9-14)34-20(13)21(29)26-17-7-5-4-6-16(17)23(30)32-2/h4-11H,12H2,1-3H3,(H,26,29)(H,27,28). The fourth-order valence-corrected chi connectivity index (χ4v) is 4.42. The number of amides is 2. The fourth-order valence-electron chi connectivity index (χ4n) is 3.18.